The fourth-order valence-corrected chi connectivity index (χ4v) is 1.41. The second kappa shape index (κ2) is 3.55. The van der Waals surface area contributed by atoms with Crippen molar-refractivity contribution >= 4 is 16.9 Å². The van der Waals surface area contributed by atoms with Gasteiger partial charge in [0, 0.05) is 12.1 Å². The molecule has 0 spiro atoms. The van der Waals surface area contributed by atoms with Crippen LogP contribution in [0, 0.1) is 11.6 Å². The zero-order valence-electron chi connectivity index (χ0n) is 8.03. The molecular weight excluding hydrogens is 238 g/mol. The molecule has 0 saturated carbocycles. The van der Waals surface area contributed by atoms with Gasteiger partial charge in [-0.3, -0.25) is 0 Å². The third kappa shape index (κ3) is 1.61. The lowest BCUT2D eigenvalue weighted by atomic mass is 10.1. The molecule has 1 aromatic heterocycles. The van der Waals surface area contributed by atoms with Crippen molar-refractivity contribution in [3.05, 3.63) is 39.8 Å². The highest BCUT2D eigenvalue weighted by Gasteiger charge is 2.23. The minimum atomic E-state index is -1.86. The number of hydrogen-bond donors (Lipinski definition) is 2. The minimum Gasteiger partial charge on any atom is -0.508 e. The van der Waals surface area contributed by atoms with Gasteiger partial charge in [-0.25, -0.2) is 18.4 Å². The number of aromatic hydroxyl groups is 1. The van der Waals surface area contributed by atoms with E-state index in [1.54, 1.807) is 0 Å². The lowest BCUT2D eigenvalue weighted by molar-refractivity contribution is 0.0687. The van der Waals surface area contributed by atoms with E-state index in [-0.39, 0.29) is 0 Å². The van der Waals surface area contributed by atoms with Crippen LogP contribution in [0.4, 0.5) is 8.78 Å². The Balaban J connectivity index is 3.03. The SMILES string of the molecule is O=C(O)c1c(F)c2c(F)cc(O)cc2oc1=O. The van der Waals surface area contributed by atoms with Crippen molar-refractivity contribution in [2.24, 2.45) is 0 Å². The number of rotatable bonds is 1. The molecule has 0 fully saturated rings. The molecule has 0 aliphatic carbocycles. The first kappa shape index (κ1) is 11.1. The molecule has 5 nitrogen and oxygen atoms in total. The molecule has 88 valence electrons. The molecule has 2 rings (SSSR count). The third-order valence-corrected chi connectivity index (χ3v) is 2.10. The Morgan fingerprint density at radius 2 is 1.94 bits per heavy atom. The molecule has 2 aromatic rings. The molecular formula is C10H4F2O5. The maximum atomic E-state index is 13.6. The summed E-state index contributed by atoms with van der Waals surface area (Å²) in [5.41, 5.74) is -3.29. The normalized spacial score (nSPS) is 10.7. The van der Waals surface area contributed by atoms with Crippen LogP contribution in [0.3, 0.4) is 0 Å². The van der Waals surface area contributed by atoms with Gasteiger partial charge in [0.2, 0.25) is 0 Å². The largest absolute Gasteiger partial charge is 0.508 e. The zero-order chi connectivity index (χ0) is 12.7. The first-order chi connectivity index (χ1) is 7.91. The summed E-state index contributed by atoms with van der Waals surface area (Å²) in [6.45, 7) is 0. The van der Waals surface area contributed by atoms with Gasteiger partial charge in [0.05, 0.1) is 5.39 Å². The Morgan fingerprint density at radius 1 is 1.29 bits per heavy atom. The number of carboxylic acid groups (broad SMARTS) is 1. The van der Waals surface area contributed by atoms with Crippen molar-refractivity contribution in [3.8, 4) is 5.75 Å². The van der Waals surface area contributed by atoms with E-state index in [2.05, 4.69) is 4.42 Å². The van der Waals surface area contributed by atoms with Crippen molar-refractivity contribution in [1.82, 2.24) is 0 Å². The number of fused-ring (bicyclic) bond motifs is 1. The Kier molecular flexibility index (Phi) is 2.31. The van der Waals surface area contributed by atoms with Gasteiger partial charge in [-0.1, -0.05) is 0 Å². The number of aromatic carboxylic acids is 1. The molecule has 2 N–H and O–H groups in total. The average Bonchev–Trinajstić information content (AvgIpc) is 2.13. The van der Waals surface area contributed by atoms with E-state index in [1.807, 2.05) is 0 Å². The van der Waals surface area contributed by atoms with Crippen molar-refractivity contribution in [2.45, 2.75) is 0 Å². The van der Waals surface area contributed by atoms with Crippen LogP contribution in [0.2, 0.25) is 0 Å². The molecule has 0 unspecified atom stereocenters. The number of phenolic OH excluding ortho intramolecular Hbond substituents is 1. The fourth-order valence-electron chi connectivity index (χ4n) is 1.41. The summed E-state index contributed by atoms with van der Waals surface area (Å²) in [6, 6.07) is 1.39. The van der Waals surface area contributed by atoms with E-state index < -0.39 is 45.5 Å². The van der Waals surface area contributed by atoms with Gasteiger partial charge in [0.1, 0.15) is 17.1 Å². The standard InChI is InChI=1S/C10H4F2O5/c11-4-1-3(13)2-5-6(4)8(12)7(9(14)15)10(16)17-5/h1-2,13H,(H,14,15). The monoisotopic (exact) mass is 242 g/mol. The summed E-state index contributed by atoms with van der Waals surface area (Å²) in [5.74, 6) is -5.17. The average molecular weight is 242 g/mol. The van der Waals surface area contributed by atoms with E-state index in [0.29, 0.717) is 6.07 Å². The van der Waals surface area contributed by atoms with Crippen molar-refractivity contribution in [1.29, 1.82) is 0 Å². The number of benzene rings is 1. The highest BCUT2D eigenvalue weighted by molar-refractivity contribution is 5.92. The molecule has 0 bridgehead atoms. The van der Waals surface area contributed by atoms with Crippen molar-refractivity contribution < 1.29 is 28.2 Å². The Bertz CT molecular complexity index is 689. The van der Waals surface area contributed by atoms with E-state index in [1.165, 1.54) is 0 Å². The number of carboxylic acids is 1. The van der Waals surface area contributed by atoms with E-state index >= 15 is 0 Å². The first-order valence-electron chi connectivity index (χ1n) is 4.30. The van der Waals surface area contributed by atoms with Crippen LogP contribution >= 0.6 is 0 Å². The maximum Gasteiger partial charge on any atom is 0.354 e. The van der Waals surface area contributed by atoms with E-state index in [0.717, 1.165) is 6.07 Å². The molecule has 1 heterocycles. The van der Waals surface area contributed by atoms with Crippen LogP contribution in [0.5, 0.6) is 5.75 Å². The molecule has 0 aliphatic heterocycles. The molecule has 0 saturated heterocycles. The van der Waals surface area contributed by atoms with Gasteiger partial charge in [-0.15, -0.1) is 0 Å². The van der Waals surface area contributed by atoms with Crippen LogP contribution in [0.25, 0.3) is 11.0 Å². The van der Waals surface area contributed by atoms with Gasteiger partial charge in [0.25, 0.3) is 0 Å². The molecule has 0 aliphatic rings. The van der Waals surface area contributed by atoms with Crippen LogP contribution in [0.15, 0.2) is 21.3 Å². The number of hydrogen-bond acceptors (Lipinski definition) is 4. The minimum absolute atomic E-state index is 0.560. The number of halogens is 2. The second-order valence-corrected chi connectivity index (χ2v) is 3.18. The van der Waals surface area contributed by atoms with Gasteiger partial charge in [0.15, 0.2) is 11.4 Å². The topological polar surface area (TPSA) is 87.7 Å². The molecule has 0 radical (unpaired) electrons. The number of phenols is 1. The van der Waals surface area contributed by atoms with E-state index in [9.17, 15) is 18.4 Å². The quantitative estimate of drug-likeness (QED) is 0.739. The van der Waals surface area contributed by atoms with Crippen LogP contribution in [0.1, 0.15) is 10.4 Å². The molecule has 0 atom stereocenters. The van der Waals surface area contributed by atoms with Gasteiger partial charge in [-0.2, -0.15) is 0 Å². The second-order valence-electron chi connectivity index (χ2n) is 3.18. The van der Waals surface area contributed by atoms with Crippen molar-refractivity contribution in [3.63, 3.8) is 0 Å². The summed E-state index contributed by atoms with van der Waals surface area (Å²) in [7, 11) is 0. The number of carbonyl (C=O) groups is 1. The summed E-state index contributed by atoms with van der Waals surface area (Å²) in [5, 5.41) is 16.8. The lowest BCUT2D eigenvalue weighted by Gasteiger charge is -2.03. The van der Waals surface area contributed by atoms with Gasteiger partial charge < -0.3 is 14.6 Å². The Labute approximate surface area is 91.5 Å². The lowest BCUT2D eigenvalue weighted by Crippen LogP contribution is -2.16. The molecule has 17 heavy (non-hydrogen) atoms. The molecule has 1 aromatic carbocycles. The maximum absolute atomic E-state index is 13.6. The van der Waals surface area contributed by atoms with Crippen LogP contribution in [-0.4, -0.2) is 16.2 Å². The molecule has 0 amide bonds. The summed E-state index contributed by atoms with van der Waals surface area (Å²) in [6.07, 6.45) is 0. The third-order valence-electron chi connectivity index (χ3n) is 2.10. The highest BCUT2D eigenvalue weighted by Crippen LogP contribution is 2.26. The summed E-state index contributed by atoms with van der Waals surface area (Å²) in [4.78, 5) is 21.7. The molecule has 7 heteroatoms. The van der Waals surface area contributed by atoms with Gasteiger partial charge >= 0.3 is 11.6 Å². The smallest absolute Gasteiger partial charge is 0.354 e. The highest BCUT2D eigenvalue weighted by atomic mass is 19.1. The first-order valence-corrected chi connectivity index (χ1v) is 4.30. The summed E-state index contributed by atoms with van der Waals surface area (Å²) < 4.78 is 31.4. The van der Waals surface area contributed by atoms with E-state index in [4.69, 9.17) is 10.2 Å². The Hall–Kier alpha value is -2.44. The predicted octanol–water partition coefficient (Wildman–Crippen LogP) is 1.48. The zero-order valence-corrected chi connectivity index (χ0v) is 8.03. The van der Waals surface area contributed by atoms with Crippen molar-refractivity contribution in [2.75, 3.05) is 0 Å². The Morgan fingerprint density at radius 3 is 2.53 bits per heavy atom. The fraction of sp³-hybridized carbons (Fsp3) is 0. The van der Waals surface area contributed by atoms with Gasteiger partial charge in [-0.05, 0) is 0 Å². The predicted molar refractivity (Wildman–Crippen MR) is 51.0 cm³/mol. The summed E-state index contributed by atoms with van der Waals surface area (Å²) >= 11 is 0. The van der Waals surface area contributed by atoms with Crippen LogP contribution in [-0.2, 0) is 0 Å². The van der Waals surface area contributed by atoms with Crippen LogP contribution < -0.4 is 5.63 Å².